The number of hydrogen-bond donors (Lipinski definition) is 1. The summed E-state index contributed by atoms with van der Waals surface area (Å²) in [5.41, 5.74) is 1.01. The number of anilines is 1. The molecule has 1 fully saturated rings. The first-order valence-electron chi connectivity index (χ1n) is 5.88. The quantitative estimate of drug-likeness (QED) is 0.930. The van der Waals surface area contributed by atoms with E-state index >= 15 is 0 Å². The zero-order valence-electron chi connectivity index (χ0n) is 10.8. The Hall–Kier alpha value is -0.780. The van der Waals surface area contributed by atoms with Crippen molar-refractivity contribution in [1.29, 1.82) is 0 Å². The van der Waals surface area contributed by atoms with Crippen molar-refractivity contribution in [1.82, 2.24) is 0 Å². The second kappa shape index (κ2) is 5.47. The molecule has 5 heteroatoms. The highest BCUT2D eigenvalue weighted by Gasteiger charge is 2.28. The topological polar surface area (TPSA) is 39.7 Å². The van der Waals surface area contributed by atoms with Gasteiger partial charge in [-0.3, -0.25) is 0 Å². The number of methoxy groups -OCH3 is 1. The summed E-state index contributed by atoms with van der Waals surface area (Å²) in [5.74, 6) is 0.344. The van der Waals surface area contributed by atoms with E-state index < -0.39 is 5.79 Å². The highest BCUT2D eigenvalue weighted by atomic mass is 79.9. The number of ether oxygens (including phenoxy) is 3. The number of rotatable bonds is 3. The zero-order valence-corrected chi connectivity index (χ0v) is 12.4. The van der Waals surface area contributed by atoms with Crippen molar-refractivity contribution in [2.24, 2.45) is 0 Å². The smallest absolute Gasteiger partial charge is 0.162 e. The summed E-state index contributed by atoms with van der Waals surface area (Å²) in [4.78, 5) is 0. The van der Waals surface area contributed by atoms with Gasteiger partial charge in [0.25, 0.3) is 0 Å². The van der Waals surface area contributed by atoms with E-state index in [-0.39, 0.29) is 6.04 Å². The fourth-order valence-corrected chi connectivity index (χ4v) is 2.31. The van der Waals surface area contributed by atoms with Crippen molar-refractivity contribution in [3.63, 3.8) is 0 Å². The van der Waals surface area contributed by atoms with Gasteiger partial charge in [0.15, 0.2) is 5.79 Å². The predicted molar refractivity (Wildman–Crippen MR) is 74.1 cm³/mol. The second-order valence-corrected chi connectivity index (χ2v) is 5.57. The predicted octanol–water partition coefficient (Wildman–Crippen LogP) is 3.02. The van der Waals surface area contributed by atoms with Crippen molar-refractivity contribution in [3.8, 4) is 5.75 Å². The van der Waals surface area contributed by atoms with Gasteiger partial charge in [0.1, 0.15) is 5.75 Å². The van der Waals surface area contributed by atoms with Gasteiger partial charge in [0, 0.05) is 5.69 Å². The minimum Gasteiger partial charge on any atom is -0.496 e. The molecule has 1 aliphatic rings. The molecule has 1 aromatic rings. The molecule has 2 rings (SSSR count). The molecule has 0 aromatic heterocycles. The lowest BCUT2D eigenvalue weighted by molar-refractivity contribution is -0.247. The summed E-state index contributed by atoms with van der Waals surface area (Å²) >= 11 is 3.46. The van der Waals surface area contributed by atoms with Crippen LogP contribution in [0.25, 0.3) is 0 Å². The Morgan fingerprint density at radius 1 is 1.33 bits per heavy atom. The fraction of sp³-hybridized carbons (Fsp3) is 0.538. The fourth-order valence-electron chi connectivity index (χ4n) is 1.77. The van der Waals surface area contributed by atoms with Gasteiger partial charge >= 0.3 is 0 Å². The van der Waals surface area contributed by atoms with E-state index in [1.54, 1.807) is 7.11 Å². The van der Waals surface area contributed by atoms with Crippen molar-refractivity contribution in [2.75, 3.05) is 25.6 Å². The van der Waals surface area contributed by atoms with Crippen LogP contribution in [-0.4, -0.2) is 32.2 Å². The van der Waals surface area contributed by atoms with Crippen LogP contribution in [-0.2, 0) is 9.47 Å². The average Bonchev–Trinajstić information content (AvgIpc) is 2.32. The summed E-state index contributed by atoms with van der Waals surface area (Å²) in [6.07, 6.45) is 0. The molecule has 1 aliphatic heterocycles. The molecule has 4 nitrogen and oxygen atoms in total. The molecular formula is C13H18BrNO3. The van der Waals surface area contributed by atoms with Crippen LogP contribution < -0.4 is 10.1 Å². The van der Waals surface area contributed by atoms with E-state index in [1.807, 2.05) is 32.0 Å². The van der Waals surface area contributed by atoms with Crippen LogP contribution >= 0.6 is 15.9 Å². The average molecular weight is 316 g/mol. The van der Waals surface area contributed by atoms with E-state index in [0.717, 1.165) is 15.9 Å². The number of halogens is 1. The first-order valence-corrected chi connectivity index (χ1v) is 6.67. The minimum absolute atomic E-state index is 0.165. The molecule has 1 heterocycles. The molecule has 0 radical (unpaired) electrons. The molecule has 0 aliphatic carbocycles. The molecule has 0 saturated carbocycles. The maximum atomic E-state index is 5.60. The van der Waals surface area contributed by atoms with Gasteiger partial charge in [-0.15, -0.1) is 0 Å². The normalized spacial score (nSPS) is 19.6. The SMILES string of the molecule is COc1ccc(NC2COC(C)(C)OC2)cc1Br. The van der Waals surface area contributed by atoms with E-state index in [1.165, 1.54) is 0 Å². The molecule has 0 spiro atoms. The van der Waals surface area contributed by atoms with Crippen LogP contribution in [0.4, 0.5) is 5.69 Å². The van der Waals surface area contributed by atoms with Crippen LogP contribution in [0.2, 0.25) is 0 Å². The van der Waals surface area contributed by atoms with Gasteiger partial charge in [0.05, 0.1) is 30.8 Å². The molecule has 1 saturated heterocycles. The van der Waals surface area contributed by atoms with Crippen LogP contribution in [0.1, 0.15) is 13.8 Å². The van der Waals surface area contributed by atoms with Crippen LogP contribution in [0.15, 0.2) is 22.7 Å². The van der Waals surface area contributed by atoms with Gasteiger partial charge in [-0.2, -0.15) is 0 Å². The van der Waals surface area contributed by atoms with Gasteiger partial charge in [0.2, 0.25) is 0 Å². The Bertz CT molecular complexity index is 413. The Kier molecular flexibility index (Phi) is 4.14. The number of hydrogen-bond acceptors (Lipinski definition) is 4. The third-order valence-electron chi connectivity index (χ3n) is 2.79. The number of nitrogens with one attached hydrogen (secondary N) is 1. The lowest BCUT2D eigenvalue weighted by Gasteiger charge is -2.35. The minimum atomic E-state index is -0.474. The van der Waals surface area contributed by atoms with Crippen molar-refractivity contribution in [2.45, 2.75) is 25.7 Å². The Labute approximate surface area is 116 Å². The highest BCUT2D eigenvalue weighted by Crippen LogP contribution is 2.28. The van der Waals surface area contributed by atoms with E-state index in [2.05, 4.69) is 21.2 Å². The highest BCUT2D eigenvalue weighted by molar-refractivity contribution is 9.10. The van der Waals surface area contributed by atoms with Crippen LogP contribution in [0.5, 0.6) is 5.75 Å². The molecule has 0 atom stereocenters. The Morgan fingerprint density at radius 2 is 2.00 bits per heavy atom. The van der Waals surface area contributed by atoms with Crippen LogP contribution in [0.3, 0.4) is 0 Å². The molecule has 0 amide bonds. The van der Waals surface area contributed by atoms with Crippen molar-refractivity contribution >= 4 is 21.6 Å². The lowest BCUT2D eigenvalue weighted by atomic mass is 10.2. The monoisotopic (exact) mass is 315 g/mol. The summed E-state index contributed by atoms with van der Waals surface area (Å²) in [6.45, 7) is 5.12. The molecule has 0 unspecified atom stereocenters. The summed E-state index contributed by atoms with van der Waals surface area (Å²) in [6, 6.07) is 6.04. The van der Waals surface area contributed by atoms with Gasteiger partial charge in [-0.25, -0.2) is 0 Å². The summed E-state index contributed by atoms with van der Waals surface area (Å²) in [7, 11) is 1.65. The van der Waals surface area contributed by atoms with Crippen LogP contribution in [0, 0.1) is 0 Å². The third-order valence-corrected chi connectivity index (χ3v) is 3.41. The summed E-state index contributed by atoms with van der Waals surface area (Å²) < 4.78 is 17.3. The lowest BCUT2D eigenvalue weighted by Crippen LogP contribution is -2.45. The second-order valence-electron chi connectivity index (χ2n) is 4.71. The van der Waals surface area contributed by atoms with E-state index in [9.17, 15) is 0 Å². The Morgan fingerprint density at radius 3 is 2.56 bits per heavy atom. The zero-order chi connectivity index (χ0) is 13.2. The largest absolute Gasteiger partial charge is 0.496 e. The first-order chi connectivity index (χ1) is 8.50. The van der Waals surface area contributed by atoms with Gasteiger partial charge in [-0.1, -0.05) is 0 Å². The molecular weight excluding hydrogens is 298 g/mol. The molecule has 1 aromatic carbocycles. The Balaban J connectivity index is 1.96. The number of benzene rings is 1. The van der Waals surface area contributed by atoms with E-state index in [0.29, 0.717) is 13.2 Å². The first kappa shape index (κ1) is 13.6. The van der Waals surface area contributed by atoms with Gasteiger partial charge in [-0.05, 0) is 48.0 Å². The van der Waals surface area contributed by atoms with Crippen molar-refractivity contribution < 1.29 is 14.2 Å². The molecule has 1 N–H and O–H groups in total. The maximum absolute atomic E-state index is 5.60. The molecule has 100 valence electrons. The molecule has 18 heavy (non-hydrogen) atoms. The summed E-state index contributed by atoms with van der Waals surface area (Å²) in [5, 5.41) is 3.38. The van der Waals surface area contributed by atoms with Crippen molar-refractivity contribution in [3.05, 3.63) is 22.7 Å². The van der Waals surface area contributed by atoms with Gasteiger partial charge < -0.3 is 19.5 Å². The van der Waals surface area contributed by atoms with E-state index in [4.69, 9.17) is 14.2 Å². The maximum Gasteiger partial charge on any atom is 0.162 e. The third kappa shape index (κ3) is 3.37. The standard InChI is InChI=1S/C13H18BrNO3/c1-13(2)17-7-10(8-18-13)15-9-4-5-12(16-3)11(14)6-9/h4-6,10,15H,7-8H2,1-3H3. The molecule has 0 bridgehead atoms.